The lowest BCUT2D eigenvalue weighted by Gasteiger charge is -2.03. The van der Waals surface area contributed by atoms with Crippen LogP contribution in [0, 0.1) is 0 Å². The van der Waals surface area contributed by atoms with Gasteiger partial charge in [-0.1, -0.05) is 30.3 Å². The van der Waals surface area contributed by atoms with E-state index in [9.17, 15) is 4.79 Å². The van der Waals surface area contributed by atoms with E-state index >= 15 is 0 Å². The second kappa shape index (κ2) is 7.73. The van der Waals surface area contributed by atoms with Gasteiger partial charge in [0.05, 0.1) is 0 Å². The molecule has 0 saturated heterocycles. The van der Waals surface area contributed by atoms with Crippen molar-refractivity contribution in [2.24, 2.45) is 0 Å². The van der Waals surface area contributed by atoms with Gasteiger partial charge in [0.1, 0.15) is 6.61 Å². The molecule has 0 fully saturated rings. The molecule has 1 aromatic rings. The number of aldehydes is 1. The van der Waals surface area contributed by atoms with Crippen LogP contribution in [0.15, 0.2) is 30.3 Å². The van der Waals surface area contributed by atoms with Gasteiger partial charge in [0.15, 0.2) is 13.1 Å². The standard InChI is InChI=1S/C12H16NO2.H2O/c1-11(10-15)13(7-8-14)9-12-5-3-2-4-6-12;/h2-6,10,14H,7-9H2,1H3;1H2/q+1;/p-1. The van der Waals surface area contributed by atoms with Crippen LogP contribution in [0.2, 0.25) is 0 Å². The fourth-order valence-corrected chi connectivity index (χ4v) is 1.38. The molecule has 0 bridgehead atoms. The zero-order valence-corrected chi connectivity index (χ0v) is 9.34. The van der Waals surface area contributed by atoms with Gasteiger partial charge in [-0.25, -0.2) is 4.58 Å². The normalized spacial score (nSPS) is 11.4. The molecule has 0 aliphatic carbocycles. The zero-order chi connectivity index (χ0) is 11.1. The summed E-state index contributed by atoms with van der Waals surface area (Å²) in [5.74, 6) is 0. The predicted octanol–water partition coefficient (Wildman–Crippen LogP) is 0.674. The largest absolute Gasteiger partial charge is 0.870 e. The average molecular weight is 223 g/mol. The smallest absolute Gasteiger partial charge is 0.213 e. The van der Waals surface area contributed by atoms with Crippen molar-refractivity contribution in [2.75, 3.05) is 13.2 Å². The monoisotopic (exact) mass is 223 g/mol. The van der Waals surface area contributed by atoms with Crippen LogP contribution >= 0.6 is 0 Å². The van der Waals surface area contributed by atoms with E-state index in [0.717, 1.165) is 11.8 Å². The molecule has 1 rings (SSSR count). The maximum absolute atomic E-state index is 10.7. The molecule has 0 heterocycles. The second-order valence-corrected chi connectivity index (χ2v) is 3.39. The molecule has 0 aliphatic rings. The Morgan fingerprint density at radius 3 is 2.50 bits per heavy atom. The minimum Gasteiger partial charge on any atom is -0.870 e. The molecule has 0 atom stereocenters. The lowest BCUT2D eigenvalue weighted by Crippen LogP contribution is -2.23. The number of rotatable bonds is 5. The van der Waals surface area contributed by atoms with E-state index < -0.39 is 0 Å². The van der Waals surface area contributed by atoms with Gasteiger partial charge in [-0.3, -0.25) is 4.79 Å². The van der Waals surface area contributed by atoms with Crippen LogP contribution in [0.25, 0.3) is 0 Å². The van der Waals surface area contributed by atoms with E-state index in [1.807, 2.05) is 34.9 Å². The number of carbonyl (C=O) groups excluding carboxylic acids is 1. The van der Waals surface area contributed by atoms with Gasteiger partial charge < -0.3 is 10.6 Å². The fraction of sp³-hybridized carbons (Fsp3) is 0.333. The zero-order valence-electron chi connectivity index (χ0n) is 9.34. The van der Waals surface area contributed by atoms with Crippen molar-refractivity contribution < 1.29 is 20.0 Å². The van der Waals surface area contributed by atoms with Crippen molar-refractivity contribution in [3.05, 3.63) is 35.9 Å². The maximum Gasteiger partial charge on any atom is 0.213 e. The molecule has 0 aliphatic heterocycles. The quantitative estimate of drug-likeness (QED) is 0.453. The summed E-state index contributed by atoms with van der Waals surface area (Å²) in [6.45, 7) is 2.95. The molecule has 16 heavy (non-hydrogen) atoms. The van der Waals surface area contributed by atoms with Crippen LogP contribution in [0.1, 0.15) is 12.5 Å². The van der Waals surface area contributed by atoms with Crippen LogP contribution in [0.5, 0.6) is 0 Å². The Morgan fingerprint density at radius 2 is 2.00 bits per heavy atom. The Balaban J connectivity index is 0.00000225. The van der Waals surface area contributed by atoms with Crippen LogP contribution in [-0.2, 0) is 11.3 Å². The molecular formula is C12H17NO3. The highest BCUT2D eigenvalue weighted by atomic mass is 16.3. The summed E-state index contributed by atoms with van der Waals surface area (Å²) in [5.41, 5.74) is 1.78. The summed E-state index contributed by atoms with van der Waals surface area (Å²) in [6.07, 6.45) is 0.818. The van der Waals surface area contributed by atoms with Crippen molar-refractivity contribution >= 4 is 12.0 Å². The Kier molecular flexibility index (Phi) is 7.00. The lowest BCUT2D eigenvalue weighted by atomic mass is 10.2. The first-order chi connectivity index (χ1) is 7.27. The summed E-state index contributed by atoms with van der Waals surface area (Å²) in [5, 5.41) is 8.89. The van der Waals surface area contributed by atoms with Crippen LogP contribution in [-0.4, -0.2) is 40.3 Å². The average Bonchev–Trinajstić information content (AvgIpc) is 2.29. The minimum absolute atomic E-state index is 0. The molecule has 0 spiro atoms. The number of hydrogen-bond acceptors (Lipinski definition) is 3. The molecule has 0 unspecified atom stereocenters. The van der Waals surface area contributed by atoms with Crippen molar-refractivity contribution in [3.8, 4) is 0 Å². The van der Waals surface area contributed by atoms with Gasteiger partial charge in [0.25, 0.3) is 0 Å². The van der Waals surface area contributed by atoms with Gasteiger partial charge >= 0.3 is 0 Å². The van der Waals surface area contributed by atoms with Crippen molar-refractivity contribution in [2.45, 2.75) is 13.5 Å². The Labute approximate surface area is 95.2 Å². The van der Waals surface area contributed by atoms with Crippen LogP contribution < -0.4 is 0 Å². The summed E-state index contributed by atoms with van der Waals surface area (Å²) < 4.78 is 1.86. The summed E-state index contributed by atoms with van der Waals surface area (Å²) in [6, 6.07) is 9.88. The Hall–Kier alpha value is -1.52. The van der Waals surface area contributed by atoms with Crippen molar-refractivity contribution in [3.63, 3.8) is 0 Å². The molecule has 4 nitrogen and oxygen atoms in total. The Bertz CT molecular complexity index is 347. The fourth-order valence-electron chi connectivity index (χ4n) is 1.38. The van der Waals surface area contributed by atoms with E-state index in [2.05, 4.69) is 0 Å². The molecule has 0 amide bonds. The van der Waals surface area contributed by atoms with E-state index in [0.29, 0.717) is 18.8 Å². The van der Waals surface area contributed by atoms with E-state index in [4.69, 9.17) is 5.11 Å². The van der Waals surface area contributed by atoms with Crippen LogP contribution in [0.3, 0.4) is 0 Å². The first kappa shape index (κ1) is 14.5. The van der Waals surface area contributed by atoms with Crippen LogP contribution in [0.4, 0.5) is 0 Å². The number of carbonyl (C=O) groups is 1. The van der Waals surface area contributed by atoms with Gasteiger partial charge in [-0.2, -0.15) is 0 Å². The molecule has 2 N–H and O–H groups in total. The van der Waals surface area contributed by atoms with E-state index in [-0.39, 0.29) is 12.1 Å². The number of nitrogens with zero attached hydrogens (tertiary/aromatic N) is 1. The van der Waals surface area contributed by atoms with Crippen molar-refractivity contribution in [1.29, 1.82) is 0 Å². The second-order valence-electron chi connectivity index (χ2n) is 3.39. The third-order valence-corrected chi connectivity index (χ3v) is 2.26. The van der Waals surface area contributed by atoms with Gasteiger partial charge in [0, 0.05) is 12.5 Å². The summed E-state index contributed by atoms with van der Waals surface area (Å²) in [4.78, 5) is 10.7. The topological polar surface area (TPSA) is 70.3 Å². The number of benzene rings is 1. The van der Waals surface area contributed by atoms with E-state index in [1.54, 1.807) is 6.92 Å². The summed E-state index contributed by atoms with van der Waals surface area (Å²) in [7, 11) is 0. The highest BCUT2D eigenvalue weighted by Crippen LogP contribution is 2.00. The molecule has 0 aromatic heterocycles. The predicted molar refractivity (Wildman–Crippen MR) is 61.0 cm³/mol. The molecule has 1 aromatic carbocycles. The molecule has 88 valence electrons. The molecule has 0 saturated carbocycles. The third-order valence-electron chi connectivity index (χ3n) is 2.26. The van der Waals surface area contributed by atoms with Gasteiger partial charge in [-0.15, -0.1) is 0 Å². The lowest BCUT2D eigenvalue weighted by molar-refractivity contribution is -0.545. The minimum atomic E-state index is 0. The molecule has 4 heteroatoms. The third kappa shape index (κ3) is 4.33. The van der Waals surface area contributed by atoms with Gasteiger partial charge in [0.2, 0.25) is 12.0 Å². The maximum atomic E-state index is 10.7. The highest BCUT2D eigenvalue weighted by Gasteiger charge is 2.09. The first-order valence-corrected chi connectivity index (χ1v) is 4.96. The number of aliphatic hydroxyl groups excluding tert-OH is 1. The van der Waals surface area contributed by atoms with Gasteiger partial charge in [-0.05, 0) is 0 Å². The molecule has 0 radical (unpaired) electrons. The molecular weight excluding hydrogens is 206 g/mol. The Morgan fingerprint density at radius 1 is 1.38 bits per heavy atom. The summed E-state index contributed by atoms with van der Waals surface area (Å²) >= 11 is 0. The highest BCUT2D eigenvalue weighted by molar-refractivity contribution is 6.24. The number of aliphatic hydroxyl groups is 1. The first-order valence-electron chi connectivity index (χ1n) is 4.96. The number of hydrogen-bond donors (Lipinski definition) is 1. The van der Waals surface area contributed by atoms with Crippen molar-refractivity contribution in [1.82, 2.24) is 0 Å². The SMILES string of the molecule is CC(C=O)=[N+](CCO)Cc1ccccc1.[OH-]. The van der Waals surface area contributed by atoms with E-state index in [1.165, 1.54) is 0 Å².